The van der Waals surface area contributed by atoms with Crippen molar-refractivity contribution in [3.05, 3.63) is 150 Å². The molecule has 0 atom stereocenters. The zero-order valence-electron chi connectivity index (χ0n) is 28.1. The summed E-state index contributed by atoms with van der Waals surface area (Å²) < 4.78 is 25.2. The molecule has 0 spiro atoms. The first-order valence-corrected chi connectivity index (χ1v) is 16.5. The van der Waals surface area contributed by atoms with E-state index in [1.54, 1.807) is 6.92 Å². The van der Waals surface area contributed by atoms with Crippen LogP contribution in [0, 0.1) is 6.92 Å². The Kier molecular flexibility index (Phi) is 11.9. The molecule has 1 aromatic heterocycles. The molecular formula is C42H43NO5. The number of hydrogen-bond donors (Lipinski definition) is 0. The minimum Gasteiger partial charge on any atom is -0.489 e. The first-order valence-electron chi connectivity index (χ1n) is 16.5. The second-order valence-electron chi connectivity index (χ2n) is 11.0. The van der Waals surface area contributed by atoms with E-state index in [2.05, 4.69) is 60.0 Å². The molecule has 0 saturated heterocycles. The van der Waals surface area contributed by atoms with Crippen LogP contribution in [-0.2, 0) is 29.3 Å². The highest BCUT2D eigenvalue weighted by molar-refractivity contribution is 5.92. The van der Waals surface area contributed by atoms with Crippen LogP contribution in [0.3, 0.4) is 0 Å². The Balaban J connectivity index is 0.00000221. The van der Waals surface area contributed by atoms with Crippen LogP contribution < -0.4 is 14.2 Å². The summed E-state index contributed by atoms with van der Waals surface area (Å²) in [4.78, 5) is 11.7. The SMILES string of the molecule is CC.CCOC(=O)COc1ccc(Cn2c(-c3ccc(OCc4ccccc4)cc3)c(C)c3cc(OCc4ccccc4)ccc32)cc1. The average Bonchev–Trinajstić information content (AvgIpc) is 3.41. The maximum absolute atomic E-state index is 11.7. The third-order valence-corrected chi connectivity index (χ3v) is 7.84. The van der Waals surface area contributed by atoms with Crippen molar-refractivity contribution in [3.63, 3.8) is 0 Å². The molecule has 6 rings (SSSR count). The predicted molar refractivity (Wildman–Crippen MR) is 193 cm³/mol. The van der Waals surface area contributed by atoms with Gasteiger partial charge in [0.15, 0.2) is 6.61 Å². The maximum atomic E-state index is 11.7. The lowest BCUT2D eigenvalue weighted by Crippen LogP contribution is -2.14. The first kappa shape index (κ1) is 33.9. The summed E-state index contributed by atoms with van der Waals surface area (Å²) in [5.41, 5.74) is 7.88. The topological polar surface area (TPSA) is 58.9 Å². The molecule has 0 bridgehead atoms. The maximum Gasteiger partial charge on any atom is 0.344 e. The predicted octanol–water partition coefficient (Wildman–Crippen LogP) is 9.79. The Morgan fingerprint density at radius 2 is 1.17 bits per heavy atom. The fourth-order valence-electron chi connectivity index (χ4n) is 5.54. The van der Waals surface area contributed by atoms with Gasteiger partial charge in [-0.05, 0) is 96.3 Å². The summed E-state index contributed by atoms with van der Waals surface area (Å²) in [6, 6.07) is 42.8. The number of carbonyl (C=O) groups excluding carboxylic acids is 1. The molecule has 0 aliphatic carbocycles. The number of aromatic nitrogens is 1. The Morgan fingerprint density at radius 3 is 1.77 bits per heavy atom. The van der Waals surface area contributed by atoms with Crippen LogP contribution in [0.1, 0.15) is 43.0 Å². The van der Waals surface area contributed by atoms with Gasteiger partial charge in [-0.3, -0.25) is 0 Å². The molecule has 0 N–H and O–H groups in total. The molecule has 246 valence electrons. The molecule has 0 amide bonds. The van der Waals surface area contributed by atoms with Gasteiger partial charge in [0, 0.05) is 17.4 Å². The van der Waals surface area contributed by atoms with Crippen LogP contribution >= 0.6 is 0 Å². The Hall–Kier alpha value is -5.49. The number of rotatable bonds is 13. The molecule has 0 radical (unpaired) electrons. The van der Waals surface area contributed by atoms with Gasteiger partial charge in [0.25, 0.3) is 0 Å². The van der Waals surface area contributed by atoms with Gasteiger partial charge in [-0.1, -0.05) is 86.6 Å². The van der Waals surface area contributed by atoms with E-state index >= 15 is 0 Å². The number of nitrogens with zero attached hydrogens (tertiary/aromatic N) is 1. The fraction of sp³-hybridized carbons (Fsp3) is 0.214. The molecule has 0 aliphatic rings. The van der Waals surface area contributed by atoms with Gasteiger partial charge in [-0.2, -0.15) is 0 Å². The highest BCUT2D eigenvalue weighted by Gasteiger charge is 2.18. The number of benzene rings is 5. The molecule has 1 heterocycles. The van der Waals surface area contributed by atoms with Crippen LogP contribution in [0.4, 0.5) is 0 Å². The molecule has 6 aromatic rings. The number of fused-ring (bicyclic) bond motifs is 1. The van der Waals surface area contributed by atoms with Crippen molar-refractivity contribution in [2.45, 2.75) is 47.5 Å². The number of hydrogen-bond acceptors (Lipinski definition) is 5. The molecule has 6 heteroatoms. The Morgan fingerprint density at radius 1 is 0.625 bits per heavy atom. The summed E-state index contributed by atoms with van der Waals surface area (Å²) >= 11 is 0. The van der Waals surface area contributed by atoms with Crippen molar-refractivity contribution in [1.82, 2.24) is 4.57 Å². The fourth-order valence-corrected chi connectivity index (χ4v) is 5.54. The lowest BCUT2D eigenvalue weighted by atomic mass is 10.1. The summed E-state index contributed by atoms with van der Waals surface area (Å²) in [6.45, 7) is 9.84. The van der Waals surface area contributed by atoms with E-state index in [4.69, 9.17) is 18.9 Å². The van der Waals surface area contributed by atoms with E-state index in [-0.39, 0.29) is 12.6 Å². The number of aryl methyl sites for hydroxylation is 1. The summed E-state index contributed by atoms with van der Waals surface area (Å²) in [5.74, 6) is 1.89. The lowest BCUT2D eigenvalue weighted by Gasteiger charge is -2.14. The molecule has 0 aliphatic heterocycles. The first-order chi connectivity index (χ1) is 23.6. The van der Waals surface area contributed by atoms with Gasteiger partial charge in [0.2, 0.25) is 0 Å². The number of esters is 1. The quantitative estimate of drug-likeness (QED) is 0.118. The molecule has 6 nitrogen and oxygen atoms in total. The second-order valence-corrected chi connectivity index (χ2v) is 11.0. The molecule has 48 heavy (non-hydrogen) atoms. The van der Waals surface area contributed by atoms with E-state index in [0.29, 0.717) is 32.1 Å². The van der Waals surface area contributed by atoms with Crippen molar-refractivity contribution < 1.29 is 23.7 Å². The average molecular weight is 642 g/mol. The Bertz CT molecular complexity index is 1880. The highest BCUT2D eigenvalue weighted by Crippen LogP contribution is 2.37. The molecule has 0 unspecified atom stereocenters. The van der Waals surface area contributed by atoms with E-state index in [1.165, 1.54) is 5.56 Å². The summed E-state index contributed by atoms with van der Waals surface area (Å²) in [6.07, 6.45) is 0. The van der Waals surface area contributed by atoms with Crippen LogP contribution in [0.2, 0.25) is 0 Å². The van der Waals surface area contributed by atoms with Crippen molar-refractivity contribution in [3.8, 4) is 28.5 Å². The normalized spacial score (nSPS) is 10.6. The van der Waals surface area contributed by atoms with Crippen molar-refractivity contribution in [2.75, 3.05) is 13.2 Å². The van der Waals surface area contributed by atoms with E-state index in [1.807, 2.05) is 92.7 Å². The lowest BCUT2D eigenvalue weighted by molar-refractivity contribution is -0.145. The van der Waals surface area contributed by atoms with Crippen LogP contribution in [-0.4, -0.2) is 23.8 Å². The van der Waals surface area contributed by atoms with Crippen LogP contribution in [0.5, 0.6) is 17.2 Å². The minimum absolute atomic E-state index is 0.113. The minimum atomic E-state index is -0.380. The molecule has 5 aromatic carbocycles. The Labute approximate surface area is 283 Å². The van der Waals surface area contributed by atoms with Crippen molar-refractivity contribution >= 4 is 16.9 Å². The van der Waals surface area contributed by atoms with Gasteiger partial charge in [-0.15, -0.1) is 0 Å². The van der Waals surface area contributed by atoms with Crippen molar-refractivity contribution in [1.29, 1.82) is 0 Å². The van der Waals surface area contributed by atoms with E-state index < -0.39 is 0 Å². The van der Waals surface area contributed by atoms with Gasteiger partial charge in [0.1, 0.15) is 30.5 Å². The monoisotopic (exact) mass is 641 g/mol. The van der Waals surface area contributed by atoms with Crippen molar-refractivity contribution in [2.24, 2.45) is 0 Å². The van der Waals surface area contributed by atoms with Gasteiger partial charge < -0.3 is 23.5 Å². The van der Waals surface area contributed by atoms with Gasteiger partial charge in [0.05, 0.1) is 12.3 Å². The third-order valence-electron chi connectivity index (χ3n) is 7.84. The zero-order chi connectivity index (χ0) is 33.7. The number of carbonyl (C=O) groups is 1. The highest BCUT2D eigenvalue weighted by atomic mass is 16.6. The standard InChI is InChI=1S/C40H37NO5.C2H6/c1-3-43-39(42)28-46-34-18-14-30(15-19-34)25-41-38-23-22-36(45-27-32-12-8-5-9-13-32)24-37(38)29(2)40(41)33-16-20-35(21-17-33)44-26-31-10-6-4-7-11-31;1-2/h4-24H,3,25-28H2,1-2H3;1-2H3. The smallest absolute Gasteiger partial charge is 0.344 e. The third kappa shape index (κ3) is 8.65. The summed E-state index contributed by atoms with van der Waals surface area (Å²) in [7, 11) is 0. The molecule has 0 saturated carbocycles. The summed E-state index contributed by atoms with van der Waals surface area (Å²) in [5, 5.41) is 1.14. The molecule has 0 fully saturated rings. The van der Waals surface area contributed by atoms with E-state index in [0.717, 1.165) is 50.3 Å². The second kappa shape index (κ2) is 16.9. The van der Waals surface area contributed by atoms with Crippen LogP contribution in [0.25, 0.3) is 22.2 Å². The zero-order valence-corrected chi connectivity index (χ0v) is 28.1. The largest absolute Gasteiger partial charge is 0.489 e. The number of ether oxygens (including phenoxy) is 4. The van der Waals surface area contributed by atoms with Crippen LogP contribution in [0.15, 0.2) is 127 Å². The van der Waals surface area contributed by atoms with Gasteiger partial charge >= 0.3 is 5.97 Å². The van der Waals surface area contributed by atoms with Gasteiger partial charge in [-0.25, -0.2) is 4.79 Å². The van der Waals surface area contributed by atoms with E-state index in [9.17, 15) is 4.79 Å². The molecular weight excluding hydrogens is 598 g/mol.